The first kappa shape index (κ1) is 13.6. The van der Waals surface area contributed by atoms with Gasteiger partial charge in [-0.25, -0.2) is 0 Å². The zero-order chi connectivity index (χ0) is 14.0. The Bertz CT molecular complexity index is 542. The fourth-order valence-corrected chi connectivity index (χ4v) is 2.75. The van der Waals surface area contributed by atoms with Crippen LogP contribution in [0.2, 0.25) is 0 Å². The first-order valence-corrected chi connectivity index (χ1v) is 6.69. The van der Waals surface area contributed by atoms with Gasteiger partial charge in [0.1, 0.15) is 5.75 Å². The first-order valence-electron chi connectivity index (χ1n) is 6.69. The summed E-state index contributed by atoms with van der Waals surface area (Å²) < 4.78 is 5.38. The van der Waals surface area contributed by atoms with Crippen LogP contribution in [0.5, 0.6) is 5.75 Å². The fraction of sp³-hybridized carbons (Fsp3) is 0.500. The molecule has 1 aliphatic rings. The lowest BCUT2D eigenvalue weighted by Crippen LogP contribution is -2.38. The number of aryl methyl sites for hydroxylation is 1. The van der Waals surface area contributed by atoms with Gasteiger partial charge in [-0.1, -0.05) is 32.9 Å². The van der Waals surface area contributed by atoms with E-state index in [1.165, 1.54) is 0 Å². The van der Waals surface area contributed by atoms with Crippen molar-refractivity contribution in [3.63, 3.8) is 0 Å². The quantitative estimate of drug-likeness (QED) is 0.616. The van der Waals surface area contributed by atoms with Gasteiger partial charge in [-0.05, 0) is 24.0 Å². The SMILES string of the molecule is CC(C)[C@]1(C)CC(=O)Oc2cccc(CCC#N)c21. The molecule has 0 spiro atoms. The van der Waals surface area contributed by atoms with Crippen molar-refractivity contribution in [3.05, 3.63) is 29.3 Å². The Hall–Kier alpha value is -1.82. The molecule has 0 aromatic heterocycles. The summed E-state index contributed by atoms with van der Waals surface area (Å²) in [6, 6.07) is 7.96. The Morgan fingerprint density at radius 3 is 2.84 bits per heavy atom. The molecule has 1 atom stereocenters. The third-order valence-electron chi connectivity index (χ3n) is 4.20. The molecule has 100 valence electrons. The van der Waals surface area contributed by atoms with E-state index in [4.69, 9.17) is 10.00 Å². The highest BCUT2D eigenvalue weighted by Gasteiger charge is 2.41. The van der Waals surface area contributed by atoms with Gasteiger partial charge in [-0.2, -0.15) is 5.26 Å². The number of carbonyl (C=O) groups excluding carboxylic acids is 1. The van der Waals surface area contributed by atoms with Crippen LogP contribution in [0.3, 0.4) is 0 Å². The number of ether oxygens (including phenoxy) is 1. The van der Waals surface area contributed by atoms with E-state index in [0.29, 0.717) is 30.9 Å². The van der Waals surface area contributed by atoms with Crippen LogP contribution in [-0.4, -0.2) is 5.97 Å². The van der Waals surface area contributed by atoms with E-state index in [1.807, 2.05) is 18.2 Å². The molecule has 3 heteroatoms. The molecule has 0 saturated carbocycles. The molecule has 0 aliphatic carbocycles. The Balaban J connectivity index is 2.56. The van der Waals surface area contributed by atoms with Crippen LogP contribution in [0.1, 0.15) is 44.7 Å². The predicted molar refractivity (Wildman–Crippen MR) is 72.8 cm³/mol. The molecule has 3 nitrogen and oxygen atoms in total. The number of benzene rings is 1. The maximum Gasteiger partial charge on any atom is 0.312 e. The van der Waals surface area contributed by atoms with Gasteiger partial charge in [0.2, 0.25) is 0 Å². The normalized spacial score (nSPS) is 21.7. The highest BCUT2D eigenvalue weighted by atomic mass is 16.5. The van der Waals surface area contributed by atoms with Gasteiger partial charge in [-0.15, -0.1) is 0 Å². The summed E-state index contributed by atoms with van der Waals surface area (Å²) in [6.07, 6.45) is 1.60. The number of esters is 1. The van der Waals surface area contributed by atoms with Gasteiger partial charge >= 0.3 is 5.97 Å². The van der Waals surface area contributed by atoms with Gasteiger partial charge in [0.15, 0.2) is 0 Å². The van der Waals surface area contributed by atoms with Crippen molar-refractivity contribution in [2.75, 3.05) is 0 Å². The van der Waals surface area contributed by atoms with Crippen molar-refractivity contribution in [2.45, 2.75) is 45.4 Å². The summed E-state index contributed by atoms with van der Waals surface area (Å²) in [4.78, 5) is 11.8. The molecule has 0 radical (unpaired) electrons. The van der Waals surface area contributed by atoms with Crippen molar-refractivity contribution < 1.29 is 9.53 Å². The molecule has 1 aromatic carbocycles. The molecule has 0 N–H and O–H groups in total. The van der Waals surface area contributed by atoms with E-state index in [-0.39, 0.29) is 11.4 Å². The third kappa shape index (κ3) is 2.35. The number of hydrogen-bond acceptors (Lipinski definition) is 3. The van der Waals surface area contributed by atoms with E-state index in [2.05, 4.69) is 26.8 Å². The summed E-state index contributed by atoms with van der Waals surface area (Å²) in [7, 11) is 0. The molecule has 1 aliphatic heterocycles. The van der Waals surface area contributed by atoms with Crippen LogP contribution in [0.4, 0.5) is 0 Å². The zero-order valence-electron chi connectivity index (χ0n) is 11.7. The highest BCUT2D eigenvalue weighted by Crippen LogP contribution is 2.45. The van der Waals surface area contributed by atoms with Gasteiger partial charge in [0, 0.05) is 17.4 Å². The summed E-state index contributed by atoms with van der Waals surface area (Å²) in [5, 5.41) is 8.78. The van der Waals surface area contributed by atoms with Crippen LogP contribution in [0, 0.1) is 17.2 Å². The lowest BCUT2D eigenvalue weighted by Gasteiger charge is -2.39. The highest BCUT2D eigenvalue weighted by molar-refractivity contribution is 5.78. The molecule has 19 heavy (non-hydrogen) atoms. The van der Waals surface area contributed by atoms with Gasteiger partial charge in [-0.3, -0.25) is 4.79 Å². The summed E-state index contributed by atoms with van der Waals surface area (Å²) in [5.74, 6) is 0.839. The minimum Gasteiger partial charge on any atom is -0.426 e. The summed E-state index contributed by atoms with van der Waals surface area (Å²) >= 11 is 0. The fourth-order valence-electron chi connectivity index (χ4n) is 2.75. The topological polar surface area (TPSA) is 50.1 Å². The second-order valence-corrected chi connectivity index (χ2v) is 5.67. The third-order valence-corrected chi connectivity index (χ3v) is 4.20. The molecule has 0 amide bonds. The molecule has 1 aromatic rings. The zero-order valence-corrected chi connectivity index (χ0v) is 11.7. The summed E-state index contributed by atoms with van der Waals surface area (Å²) in [5.41, 5.74) is 2.03. The predicted octanol–water partition coefficient (Wildman–Crippen LogP) is 3.37. The smallest absolute Gasteiger partial charge is 0.312 e. The van der Waals surface area contributed by atoms with Crippen LogP contribution < -0.4 is 4.74 Å². The molecule has 0 bridgehead atoms. The van der Waals surface area contributed by atoms with Gasteiger partial charge in [0.05, 0.1) is 12.5 Å². The van der Waals surface area contributed by atoms with Crippen molar-refractivity contribution >= 4 is 5.97 Å². The minimum absolute atomic E-state index is 0.166. The van der Waals surface area contributed by atoms with E-state index >= 15 is 0 Å². The van der Waals surface area contributed by atoms with Crippen molar-refractivity contribution in [2.24, 2.45) is 5.92 Å². The van der Waals surface area contributed by atoms with Crippen LogP contribution in [0.25, 0.3) is 0 Å². The second-order valence-electron chi connectivity index (χ2n) is 5.67. The van der Waals surface area contributed by atoms with Crippen molar-refractivity contribution in [1.29, 1.82) is 5.26 Å². The average Bonchev–Trinajstić information content (AvgIpc) is 2.35. The van der Waals surface area contributed by atoms with Crippen molar-refractivity contribution in [1.82, 2.24) is 0 Å². The van der Waals surface area contributed by atoms with Crippen LogP contribution in [0.15, 0.2) is 18.2 Å². The molecule has 2 rings (SSSR count). The minimum atomic E-state index is -0.212. The lowest BCUT2D eigenvalue weighted by atomic mass is 9.68. The number of fused-ring (bicyclic) bond motifs is 1. The van der Waals surface area contributed by atoms with E-state index < -0.39 is 0 Å². The maximum atomic E-state index is 11.8. The lowest BCUT2D eigenvalue weighted by molar-refractivity contribution is -0.137. The Kier molecular flexibility index (Phi) is 3.61. The number of carbonyl (C=O) groups is 1. The number of rotatable bonds is 3. The molecule has 0 unspecified atom stereocenters. The molecule has 0 fully saturated rings. The van der Waals surface area contributed by atoms with E-state index in [0.717, 1.165) is 11.1 Å². The molecule has 1 heterocycles. The molecule has 0 saturated heterocycles. The molecular weight excluding hydrogens is 238 g/mol. The second kappa shape index (κ2) is 5.05. The largest absolute Gasteiger partial charge is 0.426 e. The van der Waals surface area contributed by atoms with Crippen LogP contribution >= 0.6 is 0 Å². The Labute approximate surface area is 114 Å². The Morgan fingerprint density at radius 1 is 1.47 bits per heavy atom. The monoisotopic (exact) mass is 257 g/mol. The van der Waals surface area contributed by atoms with E-state index in [9.17, 15) is 4.79 Å². The average molecular weight is 257 g/mol. The van der Waals surface area contributed by atoms with Crippen molar-refractivity contribution in [3.8, 4) is 11.8 Å². The standard InChI is InChI=1S/C16H19NO2/c1-11(2)16(3)10-14(18)19-13-8-4-6-12(15(13)16)7-5-9-17/h4,6,8,11H,5,7,10H2,1-3H3/t16-/m0/s1. The maximum absolute atomic E-state index is 11.8. The first-order chi connectivity index (χ1) is 8.99. The van der Waals surface area contributed by atoms with Gasteiger partial charge in [0.25, 0.3) is 0 Å². The van der Waals surface area contributed by atoms with Crippen LogP contribution in [-0.2, 0) is 16.6 Å². The number of hydrogen-bond donors (Lipinski definition) is 0. The van der Waals surface area contributed by atoms with Gasteiger partial charge < -0.3 is 4.74 Å². The van der Waals surface area contributed by atoms with E-state index in [1.54, 1.807) is 0 Å². The molecular formula is C16H19NO2. The number of nitriles is 1. The number of nitrogens with zero attached hydrogens (tertiary/aromatic N) is 1. The Morgan fingerprint density at radius 2 is 2.21 bits per heavy atom. The summed E-state index contributed by atoms with van der Waals surface area (Å²) in [6.45, 7) is 6.37.